The third kappa shape index (κ3) is 12.3. The highest BCUT2D eigenvalue weighted by Gasteiger charge is 2.26. The number of nitrogens with one attached hydrogen (secondary N) is 3. The van der Waals surface area contributed by atoms with Crippen LogP contribution in [0.2, 0.25) is 5.02 Å². The lowest BCUT2D eigenvalue weighted by atomic mass is 9.95. The molecule has 0 radical (unpaired) electrons. The van der Waals surface area contributed by atoms with Crippen molar-refractivity contribution in [1.82, 2.24) is 19.7 Å². The molecule has 0 spiro atoms. The van der Waals surface area contributed by atoms with Crippen molar-refractivity contribution in [3.8, 4) is 34.2 Å². The lowest BCUT2D eigenvalue weighted by Gasteiger charge is -2.23. The number of sulfonamides is 1. The zero-order chi connectivity index (χ0) is 44.4. The number of halogens is 1. The van der Waals surface area contributed by atoms with Gasteiger partial charge >= 0.3 is 0 Å². The molecule has 1 heterocycles. The Morgan fingerprint density at radius 2 is 1.52 bits per heavy atom. The molecule has 3 N–H and O–H groups in total. The predicted molar refractivity (Wildman–Crippen MR) is 262 cm³/mol. The van der Waals surface area contributed by atoms with Crippen LogP contribution in [0.4, 0.5) is 11.4 Å². The molecule has 0 aliphatic heterocycles. The van der Waals surface area contributed by atoms with Crippen LogP contribution < -0.4 is 15.4 Å². The summed E-state index contributed by atoms with van der Waals surface area (Å²) in [5.41, 5.74) is 7.60. The fourth-order valence-corrected chi connectivity index (χ4v) is 9.44. The number of likely N-dealkylation sites (N-methyl/N-ethyl adjacent to an activating group) is 1. The van der Waals surface area contributed by atoms with Gasteiger partial charge in [0.15, 0.2) is 0 Å². The summed E-state index contributed by atoms with van der Waals surface area (Å²) in [5.74, 6) is 7.18. The standard InChI is InChI=1S/C49H53ClN6O3S3/c1-34-46(49(57)51-28-30-55(4)5)47(48(56(34)6)37-19-21-39(50)22-20-37)38-12-10-11-36(31-38)16-15-35-17-23-40(24-18-35)53-62(58,59)43-25-26-44(45(60)32-43)52-41(27-29-54(2)3)33-61-42-13-8-7-9-14-42/h7-14,17-26,31-32,41,52-53,60H,27-30,33H2,1-6H3,(H,51,57)/t41-/m1/s1. The summed E-state index contributed by atoms with van der Waals surface area (Å²) in [6.07, 6.45) is 0.909. The van der Waals surface area contributed by atoms with Gasteiger partial charge in [0.25, 0.3) is 15.9 Å². The van der Waals surface area contributed by atoms with Crippen molar-refractivity contribution in [2.24, 2.45) is 7.05 Å². The van der Waals surface area contributed by atoms with E-state index in [9.17, 15) is 13.2 Å². The summed E-state index contributed by atoms with van der Waals surface area (Å²) in [6.45, 7) is 4.09. The first kappa shape index (κ1) is 46.4. The number of aromatic nitrogens is 1. The average molecular weight is 906 g/mol. The lowest BCUT2D eigenvalue weighted by molar-refractivity contribution is 0.0951. The van der Waals surface area contributed by atoms with Crippen LogP contribution in [0.15, 0.2) is 136 Å². The number of rotatable bonds is 17. The summed E-state index contributed by atoms with van der Waals surface area (Å²) in [6, 6.07) is 37.8. The topological polar surface area (TPSA) is 98.7 Å². The molecule has 6 aromatic rings. The summed E-state index contributed by atoms with van der Waals surface area (Å²) in [7, 11) is 6.11. The van der Waals surface area contributed by atoms with Gasteiger partial charge < -0.3 is 25.0 Å². The van der Waals surface area contributed by atoms with Crippen LogP contribution in [-0.2, 0) is 17.1 Å². The van der Waals surface area contributed by atoms with E-state index in [1.54, 1.807) is 54.2 Å². The highest BCUT2D eigenvalue weighted by atomic mass is 35.5. The van der Waals surface area contributed by atoms with E-state index in [0.29, 0.717) is 39.8 Å². The second-order valence-electron chi connectivity index (χ2n) is 15.6. The van der Waals surface area contributed by atoms with Crippen molar-refractivity contribution in [3.63, 3.8) is 0 Å². The van der Waals surface area contributed by atoms with Crippen LogP contribution in [-0.4, -0.2) is 88.3 Å². The number of hydrogen-bond donors (Lipinski definition) is 4. The molecule has 0 bridgehead atoms. The average Bonchev–Trinajstić information content (AvgIpc) is 3.51. The van der Waals surface area contributed by atoms with Crippen molar-refractivity contribution >= 4 is 63.3 Å². The van der Waals surface area contributed by atoms with Gasteiger partial charge in [-0.15, -0.1) is 24.4 Å². The Balaban J connectivity index is 1.18. The molecule has 0 saturated carbocycles. The van der Waals surface area contributed by atoms with Gasteiger partial charge in [-0.25, -0.2) is 8.42 Å². The Morgan fingerprint density at radius 3 is 2.19 bits per heavy atom. The monoisotopic (exact) mass is 904 g/mol. The second-order valence-corrected chi connectivity index (χ2v) is 19.3. The summed E-state index contributed by atoms with van der Waals surface area (Å²) in [5, 5.41) is 7.33. The van der Waals surface area contributed by atoms with E-state index in [4.69, 9.17) is 24.2 Å². The number of hydrogen-bond acceptors (Lipinski definition) is 8. The van der Waals surface area contributed by atoms with Gasteiger partial charge in [-0.2, -0.15) is 0 Å². The maximum Gasteiger partial charge on any atom is 0.261 e. The van der Waals surface area contributed by atoms with E-state index in [1.165, 1.54) is 4.90 Å². The molecule has 322 valence electrons. The van der Waals surface area contributed by atoms with Crippen LogP contribution in [0.1, 0.15) is 33.6 Å². The van der Waals surface area contributed by atoms with Gasteiger partial charge in [-0.05, 0) is 138 Å². The molecule has 0 unspecified atom stereocenters. The lowest BCUT2D eigenvalue weighted by Crippen LogP contribution is -2.31. The Morgan fingerprint density at radius 1 is 0.823 bits per heavy atom. The van der Waals surface area contributed by atoms with Gasteiger partial charge in [-0.1, -0.05) is 65.9 Å². The van der Waals surface area contributed by atoms with Crippen LogP contribution in [0, 0.1) is 18.8 Å². The van der Waals surface area contributed by atoms with E-state index >= 15 is 0 Å². The summed E-state index contributed by atoms with van der Waals surface area (Å²) in [4.78, 5) is 19.8. The first-order chi connectivity index (χ1) is 29.7. The van der Waals surface area contributed by atoms with Crippen LogP contribution in [0.25, 0.3) is 22.4 Å². The Hall–Kier alpha value is -5.13. The molecule has 0 saturated heterocycles. The first-order valence-corrected chi connectivity index (χ1v) is 23.5. The molecule has 1 amide bonds. The molecule has 6 rings (SSSR count). The zero-order valence-corrected chi connectivity index (χ0v) is 39.2. The fourth-order valence-electron chi connectivity index (χ4n) is 6.87. The van der Waals surface area contributed by atoms with E-state index in [0.717, 1.165) is 58.0 Å². The van der Waals surface area contributed by atoms with E-state index in [-0.39, 0.29) is 16.8 Å². The van der Waals surface area contributed by atoms with Gasteiger partial charge in [0.2, 0.25) is 0 Å². The molecule has 1 atom stereocenters. The number of anilines is 2. The number of benzene rings is 5. The van der Waals surface area contributed by atoms with E-state index in [1.807, 2.05) is 104 Å². The minimum Gasteiger partial charge on any atom is -0.381 e. The maximum absolute atomic E-state index is 13.8. The molecular weight excluding hydrogens is 852 g/mol. The fraction of sp³-hybridized carbons (Fsp3) is 0.245. The van der Waals surface area contributed by atoms with Crippen LogP contribution >= 0.6 is 36.0 Å². The first-order valence-electron chi connectivity index (χ1n) is 20.2. The van der Waals surface area contributed by atoms with Crippen molar-refractivity contribution in [3.05, 3.63) is 149 Å². The third-order valence-corrected chi connectivity index (χ3v) is 13.4. The van der Waals surface area contributed by atoms with E-state index < -0.39 is 10.0 Å². The quantitative estimate of drug-likeness (QED) is 0.0412. The highest BCUT2D eigenvalue weighted by molar-refractivity contribution is 7.99. The highest BCUT2D eigenvalue weighted by Crippen LogP contribution is 2.39. The van der Waals surface area contributed by atoms with Crippen molar-refractivity contribution < 1.29 is 13.2 Å². The smallest absolute Gasteiger partial charge is 0.261 e. The maximum atomic E-state index is 13.8. The largest absolute Gasteiger partial charge is 0.381 e. The normalized spacial score (nSPS) is 11.9. The molecule has 62 heavy (non-hydrogen) atoms. The Kier molecular flexibility index (Phi) is 15.9. The van der Waals surface area contributed by atoms with Crippen LogP contribution in [0.3, 0.4) is 0 Å². The molecule has 0 aliphatic carbocycles. The summed E-state index contributed by atoms with van der Waals surface area (Å²) < 4.78 is 31.8. The number of thiol groups is 1. The number of amides is 1. The SMILES string of the molecule is Cc1c(C(=O)NCCN(C)C)c(-c2cccc(C#Cc3ccc(NS(=O)(=O)c4ccc(N[C@H](CCN(C)C)CSc5ccccc5)c(S)c4)cc3)c2)c(-c2ccc(Cl)cc2)n1C. The molecule has 5 aromatic carbocycles. The minimum atomic E-state index is -3.91. The van der Waals surface area contributed by atoms with Gasteiger partial charge in [0, 0.05) is 80.5 Å². The molecule has 0 aliphatic rings. The van der Waals surface area contributed by atoms with Gasteiger partial charge in [-0.3, -0.25) is 9.52 Å². The van der Waals surface area contributed by atoms with Gasteiger partial charge in [0.1, 0.15) is 0 Å². The number of carbonyl (C=O) groups is 1. The molecule has 9 nitrogen and oxygen atoms in total. The molecular formula is C49H53ClN6O3S3. The van der Waals surface area contributed by atoms with Crippen molar-refractivity contribution in [2.45, 2.75) is 34.1 Å². The van der Waals surface area contributed by atoms with Crippen molar-refractivity contribution in [2.75, 3.05) is 63.6 Å². The molecule has 1 aromatic heterocycles. The molecule has 13 heteroatoms. The third-order valence-electron chi connectivity index (χ3n) is 10.3. The predicted octanol–water partition coefficient (Wildman–Crippen LogP) is 9.63. The number of thioether (sulfide) groups is 1. The summed E-state index contributed by atoms with van der Waals surface area (Å²) >= 11 is 12.7. The molecule has 0 fully saturated rings. The van der Waals surface area contributed by atoms with E-state index in [2.05, 4.69) is 58.3 Å². The minimum absolute atomic E-state index is 0.113. The number of carbonyl (C=O) groups excluding carboxylic acids is 1. The zero-order valence-electron chi connectivity index (χ0n) is 35.9. The Labute approximate surface area is 381 Å². The number of nitrogens with zero attached hydrogens (tertiary/aromatic N) is 3. The van der Waals surface area contributed by atoms with Gasteiger partial charge in [0.05, 0.1) is 16.2 Å². The Bertz CT molecular complexity index is 2660. The second kappa shape index (κ2) is 21.3. The van der Waals surface area contributed by atoms with Crippen molar-refractivity contribution in [1.29, 1.82) is 0 Å². The van der Waals surface area contributed by atoms with Crippen LogP contribution in [0.5, 0.6) is 0 Å².